The van der Waals surface area contributed by atoms with E-state index in [2.05, 4.69) is 12.0 Å². The van der Waals surface area contributed by atoms with Gasteiger partial charge in [-0.05, 0) is 74.9 Å². The number of sulfonamides is 1. The standard InChI is InChI=1S/C24H31N3O3S/c1-4-19-5-7-22(8-6-19)27(18(2)3)31(28,29)23-9-10-24-21(15-23)16-25-26(24)17-20-11-13-30-14-12-20/h5-10,15-16,18,20H,4,11-14,17H2,1-3H3. The molecule has 2 heterocycles. The first-order valence-corrected chi connectivity index (χ1v) is 12.5. The van der Waals surface area contributed by atoms with Crippen LogP contribution in [-0.4, -0.2) is 37.5 Å². The third-order valence-corrected chi connectivity index (χ3v) is 8.01. The summed E-state index contributed by atoms with van der Waals surface area (Å²) >= 11 is 0. The van der Waals surface area contributed by atoms with Crippen molar-refractivity contribution in [1.82, 2.24) is 9.78 Å². The van der Waals surface area contributed by atoms with Gasteiger partial charge in [0.05, 0.1) is 22.3 Å². The fraction of sp³-hybridized carbons (Fsp3) is 0.458. The Labute approximate surface area is 184 Å². The molecule has 0 unspecified atom stereocenters. The molecular weight excluding hydrogens is 410 g/mol. The lowest BCUT2D eigenvalue weighted by Crippen LogP contribution is -2.37. The molecule has 1 aliphatic rings. The molecule has 0 bridgehead atoms. The van der Waals surface area contributed by atoms with Crippen molar-refractivity contribution in [3.8, 4) is 0 Å². The maximum atomic E-state index is 13.6. The molecule has 1 aliphatic heterocycles. The zero-order valence-corrected chi connectivity index (χ0v) is 19.3. The van der Waals surface area contributed by atoms with Crippen molar-refractivity contribution in [2.75, 3.05) is 17.5 Å². The normalized spacial score (nSPS) is 15.6. The predicted octanol–water partition coefficient (Wildman–Crippen LogP) is 4.63. The average Bonchev–Trinajstić information content (AvgIpc) is 3.16. The van der Waals surface area contributed by atoms with Gasteiger partial charge in [0, 0.05) is 31.2 Å². The predicted molar refractivity (Wildman–Crippen MR) is 124 cm³/mol. The van der Waals surface area contributed by atoms with Crippen LogP contribution in [0, 0.1) is 5.92 Å². The van der Waals surface area contributed by atoms with Gasteiger partial charge in [0.2, 0.25) is 0 Å². The van der Waals surface area contributed by atoms with Crippen molar-refractivity contribution in [3.63, 3.8) is 0 Å². The molecule has 0 spiro atoms. The number of benzene rings is 2. The van der Waals surface area contributed by atoms with Gasteiger partial charge in [-0.25, -0.2) is 8.42 Å². The number of fused-ring (bicyclic) bond motifs is 1. The Morgan fingerprint density at radius 1 is 1.13 bits per heavy atom. The topological polar surface area (TPSA) is 64.4 Å². The Kier molecular flexibility index (Phi) is 6.34. The number of ether oxygens (including phenoxy) is 1. The Bertz CT molecular complexity index is 1130. The smallest absolute Gasteiger partial charge is 0.264 e. The number of aromatic nitrogens is 2. The molecule has 0 saturated carbocycles. The summed E-state index contributed by atoms with van der Waals surface area (Å²) in [5, 5.41) is 5.38. The molecule has 7 heteroatoms. The minimum Gasteiger partial charge on any atom is -0.381 e. The zero-order valence-electron chi connectivity index (χ0n) is 18.5. The summed E-state index contributed by atoms with van der Waals surface area (Å²) in [6.07, 6.45) is 4.76. The van der Waals surface area contributed by atoms with Crippen molar-refractivity contribution in [1.29, 1.82) is 0 Å². The first-order valence-electron chi connectivity index (χ1n) is 11.1. The first-order chi connectivity index (χ1) is 14.9. The molecule has 3 aromatic rings. The van der Waals surface area contributed by atoms with E-state index in [1.165, 1.54) is 9.87 Å². The number of aryl methyl sites for hydroxylation is 1. The molecule has 1 fully saturated rings. The second-order valence-corrected chi connectivity index (χ2v) is 10.3. The summed E-state index contributed by atoms with van der Waals surface area (Å²) in [5.74, 6) is 0.544. The van der Waals surface area contributed by atoms with Crippen LogP contribution in [0.3, 0.4) is 0 Å². The lowest BCUT2D eigenvalue weighted by atomic mass is 10.0. The molecule has 0 amide bonds. The molecule has 1 saturated heterocycles. The molecule has 31 heavy (non-hydrogen) atoms. The van der Waals surface area contributed by atoms with E-state index in [0.29, 0.717) is 16.5 Å². The molecule has 166 valence electrons. The Morgan fingerprint density at radius 2 is 1.84 bits per heavy atom. The maximum Gasteiger partial charge on any atom is 0.264 e. The third-order valence-electron chi connectivity index (χ3n) is 6.01. The van der Waals surface area contributed by atoms with Gasteiger partial charge >= 0.3 is 0 Å². The van der Waals surface area contributed by atoms with Crippen LogP contribution in [0.2, 0.25) is 0 Å². The quantitative estimate of drug-likeness (QED) is 0.536. The Balaban J connectivity index is 1.65. The van der Waals surface area contributed by atoms with Crippen LogP contribution in [0.15, 0.2) is 53.6 Å². The van der Waals surface area contributed by atoms with Crippen molar-refractivity contribution in [2.24, 2.45) is 5.92 Å². The van der Waals surface area contributed by atoms with E-state index < -0.39 is 10.0 Å². The number of nitrogens with zero attached hydrogens (tertiary/aromatic N) is 3. The van der Waals surface area contributed by atoms with E-state index in [-0.39, 0.29) is 6.04 Å². The van der Waals surface area contributed by atoms with Gasteiger partial charge in [0.15, 0.2) is 0 Å². The Morgan fingerprint density at radius 3 is 2.48 bits per heavy atom. The summed E-state index contributed by atoms with van der Waals surface area (Å²) in [4.78, 5) is 0.291. The van der Waals surface area contributed by atoms with Crippen molar-refractivity contribution < 1.29 is 13.2 Å². The number of hydrogen-bond acceptors (Lipinski definition) is 4. The molecular formula is C24H31N3O3S. The molecule has 6 nitrogen and oxygen atoms in total. The van der Waals surface area contributed by atoms with Gasteiger partial charge in [-0.2, -0.15) is 5.10 Å². The van der Waals surface area contributed by atoms with Crippen LogP contribution in [0.4, 0.5) is 5.69 Å². The van der Waals surface area contributed by atoms with Gasteiger partial charge in [-0.3, -0.25) is 8.99 Å². The monoisotopic (exact) mass is 441 g/mol. The van der Waals surface area contributed by atoms with Crippen molar-refractivity contribution in [3.05, 3.63) is 54.2 Å². The van der Waals surface area contributed by atoms with Gasteiger partial charge in [0.25, 0.3) is 10.0 Å². The third kappa shape index (κ3) is 4.48. The SMILES string of the molecule is CCc1ccc(N(C(C)C)S(=O)(=O)c2ccc3c(cnn3CC3CCOCC3)c2)cc1. The summed E-state index contributed by atoms with van der Waals surface area (Å²) in [6, 6.07) is 12.9. The molecule has 2 aromatic carbocycles. The number of hydrogen-bond donors (Lipinski definition) is 0. The average molecular weight is 442 g/mol. The van der Waals surface area contributed by atoms with Crippen molar-refractivity contribution >= 4 is 26.6 Å². The van der Waals surface area contributed by atoms with Crippen LogP contribution in [0.5, 0.6) is 0 Å². The fourth-order valence-electron chi connectivity index (χ4n) is 4.25. The summed E-state index contributed by atoms with van der Waals surface area (Å²) < 4.78 is 36.1. The second-order valence-electron chi connectivity index (χ2n) is 8.52. The number of rotatable bonds is 7. The summed E-state index contributed by atoms with van der Waals surface area (Å²) in [6.45, 7) is 8.32. The van der Waals surface area contributed by atoms with E-state index >= 15 is 0 Å². The zero-order chi connectivity index (χ0) is 22.0. The molecule has 4 rings (SSSR count). The highest BCUT2D eigenvalue weighted by atomic mass is 32.2. The molecule has 1 aromatic heterocycles. The minimum atomic E-state index is -3.70. The molecule has 0 atom stereocenters. The number of anilines is 1. The van der Waals surface area contributed by atoms with E-state index in [4.69, 9.17) is 4.74 Å². The summed E-state index contributed by atoms with van der Waals surface area (Å²) in [5.41, 5.74) is 2.83. The minimum absolute atomic E-state index is 0.204. The van der Waals surface area contributed by atoms with Crippen LogP contribution in [-0.2, 0) is 27.7 Å². The van der Waals surface area contributed by atoms with E-state index in [0.717, 1.165) is 49.9 Å². The first kappa shape index (κ1) is 21.8. The molecule has 0 radical (unpaired) electrons. The highest BCUT2D eigenvalue weighted by Gasteiger charge is 2.28. The largest absolute Gasteiger partial charge is 0.381 e. The van der Waals surface area contributed by atoms with Gasteiger partial charge in [-0.15, -0.1) is 0 Å². The van der Waals surface area contributed by atoms with Crippen LogP contribution >= 0.6 is 0 Å². The van der Waals surface area contributed by atoms with Crippen LogP contribution in [0.25, 0.3) is 10.9 Å². The van der Waals surface area contributed by atoms with Gasteiger partial charge in [0.1, 0.15) is 0 Å². The van der Waals surface area contributed by atoms with Gasteiger partial charge < -0.3 is 4.74 Å². The molecule has 0 N–H and O–H groups in total. The lowest BCUT2D eigenvalue weighted by Gasteiger charge is -2.28. The molecule has 0 aliphatic carbocycles. The van der Waals surface area contributed by atoms with Crippen LogP contribution in [0.1, 0.15) is 39.2 Å². The van der Waals surface area contributed by atoms with E-state index in [1.54, 1.807) is 18.3 Å². The highest BCUT2D eigenvalue weighted by molar-refractivity contribution is 7.92. The fourth-order valence-corrected chi connectivity index (χ4v) is 5.95. The van der Waals surface area contributed by atoms with Gasteiger partial charge in [-0.1, -0.05) is 19.1 Å². The van der Waals surface area contributed by atoms with E-state index in [1.807, 2.05) is 48.9 Å². The maximum absolute atomic E-state index is 13.6. The summed E-state index contributed by atoms with van der Waals surface area (Å²) in [7, 11) is -3.70. The second kappa shape index (κ2) is 9.01. The lowest BCUT2D eigenvalue weighted by molar-refractivity contribution is 0.0605. The van der Waals surface area contributed by atoms with Crippen LogP contribution < -0.4 is 4.31 Å². The van der Waals surface area contributed by atoms with E-state index in [9.17, 15) is 8.42 Å². The Hall–Kier alpha value is -2.38. The van der Waals surface area contributed by atoms with Crippen molar-refractivity contribution in [2.45, 2.75) is 57.5 Å². The highest BCUT2D eigenvalue weighted by Crippen LogP contribution is 2.29.